The fourth-order valence-corrected chi connectivity index (χ4v) is 2.35. The van der Waals surface area contributed by atoms with E-state index in [0.717, 1.165) is 6.42 Å². The smallest absolute Gasteiger partial charge is 0.307 e. The summed E-state index contributed by atoms with van der Waals surface area (Å²) < 4.78 is 38.9. The van der Waals surface area contributed by atoms with Crippen LogP contribution < -0.4 is 5.32 Å². The molecule has 0 radical (unpaired) electrons. The highest BCUT2D eigenvalue weighted by Gasteiger charge is 2.54. The van der Waals surface area contributed by atoms with Crippen LogP contribution in [0.3, 0.4) is 0 Å². The molecule has 1 saturated carbocycles. The Morgan fingerprint density at radius 3 is 2.07 bits per heavy atom. The predicted octanol–water partition coefficient (Wildman–Crippen LogP) is 3.50. The first-order valence-electron chi connectivity index (χ1n) is 5.48. The summed E-state index contributed by atoms with van der Waals surface area (Å²) in [4.78, 5) is 0. The quantitative estimate of drug-likeness (QED) is 0.671. The van der Waals surface area contributed by atoms with Gasteiger partial charge in [-0.05, 0) is 38.1 Å². The number of halogens is 3. The molecule has 1 aliphatic rings. The summed E-state index contributed by atoms with van der Waals surface area (Å²) in [5.74, 6) is 0. The zero-order chi connectivity index (χ0) is 11.7. The van der Waals surface area contributed by atoms with E-state index in [1.807, 2.05) is 0 Å². The van der Waals surface area contributed by atoms with Crippen molar-refractivity contribution in [2.45, 2.75) is 57.7 Å². The first-order valence-corrected chi connectivity index (χ1v) is 5.48. The first kappa shape index (κ1) is 12.8. The van der Waals surface area contributed by atoms with Crippen LogP contribution in [0.15, 0.2) is 0 Å². The zero-order valence-electron chi connectivity index (χ0n) is 9.67. The lowest BCUT2D eigenvalue weighted by atomic mass is 9.83. The Labute approximate surface area is 89.4 Å². The Balaban J connectivity index is 2.84. The summed E-state index contributed by atoms with van der Waals surface area (Å²) in [5, 5.41) is 2.51. The van der Waals surface area contributed by atoms with Crippen molar-refractivity contribution < 1.29 is 13.2 Å². The molecular formula is C11H20F3N. The molecule has 15 heavy (non-hydrogen) atoms. The van der Waals surface area contributed by atoms with Crippen molar-refractivity contribution in [2.24, 2.45) is 5.41 Å². The van der Waals surface area contributed by atoms with Crippen molar-refractivity contribution in [3.05, 3.63) is 0 Å². The third-order valence-corrected chi connectivity index (χ3v) is 3.71. The van der Waals surface area contributed by atoms with Crippen LogP contribution in [-0.2, 0) is 0 Å². The number of hydrogen-bond acceptors (Lipinski definition) is 1. The second kappa shape index (κ2) is 3.96. The van der Waals surface area contributed by atoms with Crippen LogP contribution in [0.4, 0.5) is 13.2 Å². The van der Waals surface area contributed by atoms with Crippen molar-refractivity contribution in [2.75, 3.05) is 7.05 Å². The first-order chi connectivity index (χ1) is 6.72. The van der Waals surface area contributed by atoms with E-state index in [4.69, 9.17) is 0 Å². The molecule has 0 aliphatic heterocycles. The molecule has 0 saturated heterocycles. The normalized spacial score (nSPS) is 32.4. The van der Waals surface area contributed by atoms with Gasteiger partial charge in [-0.25, -0.2) is 0 Å². The van der Waals surface area contributed by atoms with Crippen LogP contribution in [0.2, 0.25) is 0 Å². The molecule has 1 atom stereocenters. The lowest BCUT2D eigenvalue weighted by Gasteiger charge is -2.35. The molecule has 4 heteroatoms. The summed E-state index contributed by atoms with van der Waals surface area (Å²) in [6.07, 6.45) is -1.58. The van der Waals surface area contributed by atoms with Gasteiger partial charge in [0.2, 0.25) is 0 Å². The van der Waals surface area contributed by atoms with Crippen LogP contribution in [0.1, 0.15) is 46.0 Å². The predicted molar refractivity (Wildman–Crippen MR) is 54.7 cm³/mol. The molecule has 1 aliphatic carbocycles. The van der Waals surface area contributed by atoms with Gasteiger partial charge in [0.05, 0.1) is 0 Å². The zero-order valence-corrected chi connectivity index (χ0v) is 9.67. The molecule has 90 valence electrons. The summed E-state index contributed by atoms with van der Waals surface area (Å²) in [6.45, 7) is 4.10. The molecule has 0 aromatic carbocycles. The van der Waals surface area contributed by atoms with Crippen LogP contribution in [0.5, 0.6) is 0 Å². The van der Waals surface area contributed by atoms with Gasteiger partial charge in [-0.2, -0.15) is 13.2 Å². The Morgan fingerprint density at radius 1 is 1.00 bits per heavy atom. The maximum absolute atomic E-state index is 13.0. The molecule has 1 fully saturated rings. The third-order valence-electron chi connectivity index (χ3n) is 3.71. The fourth-order valence-electron chi connectivity index (χ4n) is 2.35. The maximum atomic E-state index is 13.0. The van der Waals surface area contributed by atoms with Crippen molar-refractivity contribution in [3.63, 3.8) is 0 Å². The molecule has 1 rings (SSSR count). The minimum atomic E-state index is -4.14. The Morgan fingerprint density at radius 2 is 1.60 bits per heavy atom. The van der Waals surface area contributed by atoms with Gasteiger partial charge in [0.1, 0.15) is 5.54 Å². The second-order valence-corrected chi connectivity index (χ2v) is 5.35. The van der Waals surface area contributed by atoms with Crippen LogP contribution in [-0.4, -0.2) is 18.8 Å². The Kier molecular flexibility index (Phi) is 3.39. The molecule has 0 spiro atoms. The molecule has 0 aromatic heterocycles. The molecule has 0 heterocycles. The van der Waals surface area contributed by atoms with Gasteiger partial charge in [-0.3, -0.25) is 0 Å². The maximum Gasteiger partial charge on any atom is 0.406 e. The van der Waals surface area contributed by atoms with Crippen LogP contribution in [0, 0.1) is 5.41 Å². The van der Waals surface area contributed by atoms with E-state index in [1.165, 1.54) is 7.05 Å². The average molecular weight is 223 g/mol. The molecule has 0 amide bonds. The number of hydrogen-bond donors (Lipinski definition) is 1. The molecule has 1 nitrogen and oxygen atoms in total. The lowest BCUT2D eigenvalue weighted by molar-refractivity contribution is -0.199. The van der Waals surface area contributed by atoms with Gasteiger partial charge in [0.25, 0.3) is 0 Å². The average Bonchev–Trinajstić information content (AvgIpc) is 2.23. The van der Waals surface area contributed by atoms with Crippen molar-refractivity contribution >= 4 is 0 Å². The fraction of sp³-hybridized carbons (Fsp3) is 1.00. The summed E-state index contributed by atoms with van der Waals surface area (Å²) in [7, 11) is 1.42. The van der Waals surface area contributed by atoms with E-state index in [-0.39, 0.29) is 18.3 Å². The monoisotopic (exact) mass is 223 g/mol. The van der Waals surface area contributed by atoms with Crippen molar-refractivity contribution in [1.29, 1.82) is 0 Å². The number of alkyl halides is 3. The second-order valence-electron chi connectivity index (χ2n) is 5.35. The van der Waals surface area contributed by atoms with Gasteiger partial charge < -0.3 is 5.32 Å². The summed E-state index contributed by atoms with van der Waals surface area (Å²) in [6, 6.07) is 0. The molecule has 0 aromatic rings. The van der Waals surface area contributed by atoms with Gasteiger partial charge >= 0.3 is 6.18 Å². The standard InChI is InChI=1S/C11H20F3N/c1-9(2)5-4-6-10(15-3,8-7-9)11(12,13)14/h15H,4-8H2,1-3H3. The van der Waals surface area contributed by atoms with E-state index in [2.05, 4.69) is 19.2 Å². The van der Waals surface area contributed by atoms with Gasteiger partial charge in [0, 0.05) is 0 Å². The van der Waals surface area contributed by atoms with Crippen molar-refractivity contribution in [1.82, 2.24) is 5.32 Å². The van der Waals surface area contributed by atoms with Gasteiger partial charge in [0.15, 0.2) is 0 Å². The van der Waals surface area contributed by atoms with E-state index >= 15 is 0 Å². The number of nitrogens with one attached hydrogen (secondary N) is 1. The van der Waals surface area contributed by atoms with E-state index in [0.29, 0.717) is 12.8 Å². The molecule has 1 N–H and O–H groups in total. The highest BCUT2D eigenvalue weighted by Crippen LogP contribution is 2.45. The Bertz CT molecular complexity index is 222. The topological polar surface area (TPSA) is 12.0 Å². The SMILES string of the molecule is CNC1(C(F)(F)F)CCCC(C)(C)CC1. The van der Waals surface area contributed by atoms with Crippen LogP contribution >= 0.6 is 0 Å². The number of rotatable bonds is 1. The summed E-state index contributed by atoms with van der Waals surface area (Å²) in [5.41, 5.74) is -1.61. The molecular weight excluding hydrogens is 203 g/mol. The highest BCUT2D eigenvalue weighted by molar-refractivity contribution is 4.97. The molecule has 1 unspecified atom stereocenters. The Hall–Kier alpha value is -0.250. The van der Waals surface area contributed by atoms with E-state index in [1.54, 1.807) is 0 Å². The largest absolute Gasteiger partial charge is 0.406 e. The minimum absolute atomic E-state index is 0.0455. The van der Waals surface area contributed by atoms with E-state index < -0.39 is 11.7 Å². The van der Waals surface area contributed by atoms with E-state index in [9.17, 15) is 13.2 Å². The highest BCUT2D eigenvalue weighted by atomic mass is 19.4. The van der Waals surface area contributed by atoms with Crippen LogP contribution in [0.25, 0.3) is 0 Å². The minimum Gasteiger partial charge on any atom is -0.307 e. The third kappa shape index (κ3) is 2.65. The van der Waals surface area contributed by atoms with Gasteiger partial charge in [-0.15, -0.1) is 0 Å². The van der Waals surface area contributed by atoms with Crippen molar-refractivity contribution in [3.8, 4) is 0 Å². The lowest BCUT2D eigenvalue weighted by Crippen LogP contribution is -2.55. The summed E-state index contributed by atoms with van der Waals surface area (Å²) >= 11 is 0. The van der Waals surface area contributed by atoms with Gasteiger partial charge in [-0.1, -0.05) is 20.3 Å². The molecule has 0 bridgehead atoms.